The van der Waals surface area contributed by atoms with Gasteiger partial charge in [-0.3, -0.25) is 0 Å². The van der Waals surface area contributed by atoms with Crippen molar-refractivity contribution in [3.63, 3.8) is 0 Å². The second kappa shape index (κ2) is 10.6. The molecule has 0 nitrogen and oxygen atoms in total. The van der Waals surface area contributed by atoms with E-state index < -0.39 is 0 Å². The third kappa shape index (κ3) is 4.72. The predicted molar refractivity (Wildman–Crippen MR) is 177 cm³/mol. The van der Waals surface area contributed by atoms with Crippen LogP contribution in [-0.2, 0) is 17.3 Å². The van der Waals surface area contributed by atoms with Gasteiger partial charge in [0.2, 0.25) is 0 Å². The highest BCUT2D eigenvalue weighted by Crippen LogP contribution is 2.54. The Hall–Kier alpha value is -3.64. The summed E-state index contributed by atoms with van der Waals surface area (Å²) in [7, 11) is 0. The number of benzene rings is 4. The van der Waals surface area contributed by atoms with E-state index in [1.54, 1.807) is 22.3 Å². The summed E-state index contributed by atoms with van der Waals surface area (Å²) in [4.78, 5) is 0. The van der Waals surface area contributed by atoms with Crippen LogP contribution in [0.25, 0.3) is 22.3 Å². The van der Waals surface area contributed by atoms with Gasteiger partial charge in [0, 0.05) is 16.7 Å². The van der Waals surface area contributed by atoms with Crippen LogP contribution in [0.5, 0.6) is 0 Å². The normalized spacial score (nSPS) is 18.7. The topological polar surface area (TPSA) is 0 Å². The molecule has 0 radical (unpaired) electrons. The molecule has 1 unspecified atom stereocenters. The average molecular weight is 537 g/mol. The van der Waals surface area contributed by atoms with Crippen LogP contribution in [0, 0.1) is 6.92 Å². The Bertz CT molecular complexity index is 1660. The van der Waals surface area contributed by atoms with Crippen molar-refractivity contribution in [2.75, 3.05) is 0 Å². The van der Waals surface area contributed by atoms with Gasteiger partial charge in [-0.1, -0.05) is 149 Å². The molecule has 208 valence electrons. The number of hydrogen-bond acceptors (Lipinski definition) is 0. The van der Waals surface area contributed by atoms with Gasteiger partial charge >= 0.3 is 0 Å². The molecule has 0 saturated carbocycles. The zero-order valence-electron chi connectivity index (χ0n) is 25.7. The monoisotopic (exact) mass is 536 g/mol. The molecule has 0 saturated heterocycles. The van der Waals surface area contributed by atoms with E-state index in [1.165, 1.54) is 64.6 Å². The van der Waals surface area contributed by atoms with Crippen LogP contribution in [0.3, 0.4) is 0 Å². The molecule has 7 rings (SSSR count). The summed E-state index contributed by atoms with van der Waals surface area (Å²) in [5.41, 5.74) is 16.3. The average Bonchev–Trinajstić information content (AvgIpc) is 3.17. The van der Waals surface area contributed by atoms with Crippen LogP contribution in [-0.4, -0.2) is 0 Å². The van der Waals surface area contributed by atoms with Crippen molar-refractivity contribution in [1.82, 2.24) is 0 Å². The smallest absolute Gasteiger partial charge is 0.0158 e. The first-order chi connectivity index (χ1) is 19.7. The summed E-state index contributed by atoms with van der Waals surface area (Å²) in [5, 5.41) is 0. The molecule has 3 aliphatic carbocycles. The van der Waals surface area contributed by atoms with Crippen molar-refractivity contribution in [1.29, 1.82) is 0 Å². The SMILES string of the molecule is CCCc1cccc2c1C(C)(C)C1=CC=CCCC12.Cc1cccc(-c2ccc3c(c2)-c2ccccc2C3(C)C)c1. The van der Waals surface area contributed by atoms with E-state index in [2.05, 4.69) is 145 Å². The summed E-state index contributed by atoms with van der Waals surface area (Å²) in [5.74, 6) is 0.650. The molecule has 4 aromatic carbocycles. The quantitative estimate of drug-likeness (QED) is 0.244. The molecule has 0 N–H and O–H groups in total. The van der Waals surface area contributed by atoms with Crippen molar-refractivity contribution in [2.45, 2.75) is 84.0 Å². The Labute approximate surface area is 247 Å². The molecular weight excluding hydrogens is 492 g/mol. The van der Waals surface area contributed by atoms with Crippen LogP contribution in [0.15, 0.2) is 109 Å². The van der Waals surface area contributed by atoms with Gasteiger partial charge in [0.1, 0.15) is 0 Å². The number of fused-ring (bicyclic) bond motifs is 6. The van der Waals surface area contributed by atoms with E-state index in [9.17, 15) is 0 Å². The number of rotatable bonds is 3. The molecule has 0 aromatic heterocycles. The maximum Gasteiger partial charge on any atom is 0.0158 e. The van der Waals surface area contributed by atoms with Crippen LogP contribution in [0.4, 0.5) is 0 Å². The maximum atomic E-state index is 2.41. The van der Waals surface area contributed by atoms with Gasteiger partial charge in [-0.05, 0) is 82.3 Å². The molecule has 0 bridgehead atoms. The van der Waals surface area contributed by atoms with Crippen molar-refractivity contribution in [2.24, 2.45) is 0 Å². The van der Waals surface area contributed by atoms with Crippen LogP contribution >= 0.6 is 0 Å². The Morgan fingerprint density at radius 1 is 0.732 bits per heavy atom. The predicted octanol–water partition coefficient (Wildman–Crippen LogP) is 11.3. The third-order valence-corrected chi connectivity index (χ3v) is 9.77. The van der Waals surface area contributed by atoms with E-state index in [-0.39, 0.29) is 10.8 Å². The summed E-state index contributed by atoms with van der Waals surface area (Å²) >= 11 is 0. The molecule has 0 spiro atoms. The van der Waals surface area contributed by atoms with Crippen molar-refractivity contribution in [3.8, 4) is 22.3 Å². The van der Waals surface area contributed by atoms with Gasteiger partial charge in [0.05, 0.1) is 0 Å². The maximum absolute atomic E-state index is 2.41. The summed E-state index contributed by atoms with van der Waals surface area (Å²) < 4.78 is 0. The van der Waals surface area contributed by atoms with E-state index in [1.807, 2.05) is 0 Å². The van der Waals surface area contributed by atoms with E-state index >= 15 is 0 Å². The minimum Gasteiger partial charge on any atom is -0.0845 e. The van der Waals surface area contributed by atoms with Crippen molar-refractivity contribution < 1.29 is 0 Å². The first-order valence-electron chi connectivity index (χ1n) is 15.5. The Kier molecular flexibility index (Phi) is 7.14. The fourth-order valence-electron chi connectivity index (χ4n) is 7.79. The van der Waals surface area contributed by atoms with Gasteiger partial charge in [-0.2, -0.15) is 0 Å². The van der Waals surface area contributed by atoms with Gasteiger partial charge < -0.3 is 0 Å². The Balaban J connectivity index is 0.000000149. The molecule has 0 heteroatoms. The zero-order chi connectivity index (χ0) is 28.8. The fourth-order valence-corrected chi connectivity index (χ4v) is 7.79. The van der Waals surface area contributed by atoms with E-state index in [4.69, 9.17) is 0 Å². The van der Waals surface area contributed by atoms with Crippen LogP contribution < -0.4 is 0 Å². The minimum absolute atomic E-state index is 0.0943. The van der Waals surface area contributed by atoms with Gasteiger partial charge in [0.25, 0.3) is 0 Å². The summed E-state index contributed by atoms with van der Waals surface area (Å²) in [6.07, 6.45) is 11.9. The van der Waals surface area contributed by atoms with Gasteiger partial charge in [0.15, 0.2) is 0 Å². The zero-order valence-corrected chi connectivity index (χ0v) is 25.7. The minimum atomic E-state index is 0.0943. The highest BCUT2D eigenvalue weighted by atomic mass is 14.5. The first kappa shape index (κ1) is 27.5. The lowest BCUT2D eigenvalue weighted by molar-refractivity contribution is 0.598. The van der Waals surface area contributed by atoms with Crippen molar-refractivity contribution in [3.05, 3.63) is 142 Å². The molecule has 0 heterocycles. The van der Waals surface area contributed by atoms with Gasteiger partial charge in [-0.15, -0.1) is 0 Å². The molecular formula is C41H44. The lowest BCUT2D eigenvalue weighted by atomic mass is 9.78. The standard InChI is InChI=1S/C22H20.C19H24/c1-15-7-6-8-16(13-15)17-11-12-21-19(14-17)18-9-4-5-10-20(18)22(21,2)3;1-4-9-14-10-8-12-16-15-11-6-5-7-13-17(15)19(2,3)18(14)16/h4-14H,1-3H3;5,7-8,10,12-13,15H,4,6,9,11H2,1-3H3. The Morgan fingerprint density at radius 3 is 2.29 bits per heavy atom. The fraction of sp³-hybridized carbons (Fsp3) is 0.317. The third-order valence-electron chi connectivity index (χ3n) is 9.77. The second-order valence-electron chi connectivity index (χ2n) is 13.2. The number of hydrogen-bond donors (Lipinski definition) is 0. The molecule has 0 fully saturated rings. The van der Waals surface area contributed by atoms with E-state index in [0.717, 1.165) is 0 Å². The molecule has 0 aliphatic heterocycles. The number of aryl methyl sites for hydroxylation is 2. The summed E-state index contributed by atoms with van der Waals surface area (Å²) in [6.45, 7) is 13.9. The summed E-state index contributed by atoms with van der Waals surface area (Å²) in [6, 6.07) is 31.5. The van der Waals surface area contributed by atoms with Gasteiger partial charge in [-0.25, -0.2) is 0 Å². The lowest BCUT2D eigenvalue weighted by Gasteiger charge is -2.25. The first-order valence-corrected chi connectivity index (χ1v) is 15.5. The highest BCUT2D eigenvalue weighted by Gasteiger charge is 2.42. The lowest BCUT2D eigenvalue weighted by Crippen LogP contribution is -2.18. The van der Waals surface area contributed by atoms with E-state index in [0.29, 0.717) is 5.92 Å². The largest absolute Gasteiger partial charge is 0.0845 e. The van der Waals surface area contributed by atoms with Crippen LogP contribution in [0.1, 0.15) is 93.2 Å². The molecule has 4 aromatic rings. The molecule has 1 atom stereocenters. The van der Waals surface area contributed by atoms with Crippen molar-refractivity contribution >= 4 is 0 Å². The molecule has 3 aliphatic rings. The Morgan fingerprint density at radius 2 is 1.49 bits per heavy atom. The number of allylic oxidation sites excluding steroid dienone is 4. The molecule has 41 heavy (non-hydrogen) atoms. The highest BCUT2D eigenvalue weighted by molar-refractivity contribution is 5.84. The second-order valence-corrected chi connectivity index (χ2v) is 13.2. The van der Waals surface area contributed by atoms with Crippen LogP contribution in [0.2, 0.25) is 0 Å². The molecule has 0 amide bonds.